The number of amides is 1. The molecule has 0 radical (unpaired) electrons. The summed E-state index contributed by atoms with van der Waals surface area (Å²) in [7, 11) is 0. The summed E-state index contributed by atoms with van der Waals surface area (Å²) < 4.78 is 5.38. The normalized spacial score (nSPS) is 9.41. The maximum Gasteiger partial charge on any atom is 0.261 e. The van der Waals surface area contributed by atoms with Crippen LogP contribution in [-0.2, 0) is 4.79 Å². The minimum atomic E-state index is -0.0753. The summed E-state index contributed by atoms with van der Waals surface area (Å²) in [6, 6.07) is 9.27. The first-order valence-corrected chi connectivity index (χ1v) is 5.45. The van der Waals surface area contributed by atoms with Gasteiger partial charge in [-0.15, -0.1) is 13.2 Å². The molecule has 0 saturated carbocycles. The van der Waals surface area contributed by atoms with Crippen LogP contribution in [0, 0.1) is 0 Å². The molecule has 0 spiro atoms. The van der Waals surface area contributed by atoms with E-state index in [1.807, 2.05) is 30.3 Å². The Labute approximate surface area is 102 Å². The first-order chi connectivity index (χ1) is 8.27. The Bertz CT molecular complexity index is 363. The average molecular weight is 231 g/mol. The second kappa shape index (κ2) is 7.28. The number of nitrogens with zero attached hydrogens (tertiary/aromatic N) is 1. The number of hydrogen-bond donors (Lipinski definition) is 0. The van der Waals surface area contributed by atoms with E-state index >= 15 is 0 Å². The van der Waals surface area contributed by atoms with Gasteiger partial charge in [0, 0.05) is 13.1 Å². The lowest BCUT2D eigenvalue weighted by molar-refractivity contribution is -0.132. The van der Waals surface area contributed by atoms with Gasteiger partial charge in [-0.1, -0.05) is 30.4 Å². The number of carbonyl (C=O) groups is 1. The molecule has 90 valence electrons. The van der Waals surface area contributed by atoms with Gasteiger partial charge in [0.05, 0.1) is 0 Å². The molecule has 0 aliphatic rings. The molecule has 0 atom stereocenters. The Morgan fingerprint density at radius 1 is 1.18 bits per heavy atom. The van der Waals surface area contributed by atoms with Crippen molar-refractivity contribution in [2.24, 2.45) is 0 Å². The van der Waals surface area contributed by atoms with Gasteiger partial charge in [0.25, 0.3) is 5.91 Å². The van der Waals surface area contributed by atoms with Crippen molar-refractivity contribution in [3.63, 3.8) is 0 Å². The predicted octanol–water partition coefficient (Wildman–Crippen LogP) is 2.27. The topological polar surface area (TPSA) is 29.5 Å². The van der Waals surface area contributed by atoms with Crippen molar-refractivity contribution in [2.75, 3.05) is 19.7 Å². The average Bonchev–Trinajstić information content (AvgIpc) is 2.37. The molecule has 1 rings (SSSR count). The van der Waals surface area contributed by atoms with Crippen LogP contribution in [-0.4, -0.2) is 30.5 Å². The smallest absolute Gasteiger partial charge is 0.261 e. The fourth-order valence-corrected chi connectivity index (χ4v) is 1.34. The number of rotatable bonds is 7. The predicted molar refractivity (Wildman–Crippen MR) is 68.9 cm³/mol. The highest BCUT2D eigenvalue weighted by molar-refractivity contribution is 5.78. The second-order valence-electron chi connectivity index (χ2n) is 3.48. The van der Waals surface area contributed by atoms with E-state index in [1.165, 1.54) is 0 Å². The first kappa shape index (κ1) is 13.0. The third-order valence-electron chi connectivity index (χ3n) is 2.16. The molecule has 0 saturated heterocycles. The van der Waals surface area contributed by atoms with E-state index in [4.69, 9.17) is 4.74 Å². The second-order valence-corrected chi connectivity index (χ2v) is 3.48. The number of ether oxygens (including phenoxy) is 1. The molecule has 3 nitrogen and oxygen atoms in total. The van der Waals surface area contributed by atoms with E-state index in [9.17, 15) is 4.79 Å². The quantitative estimate of drug-likeness (QED) is 0.674. The van der Waals surface area contributed by atoms with Crippen molar-refractivity contribution in [1.29, 1.82) is 0 Å². The van der Waals surface area contributed by atoms with Gasteiger partial charge in [-0.2, -0.15) is 0 Å². The largest absolute Gasteiger partial charge is 0.484 e. The Morgan fingerprint density at radius 3 is 2.29 bits per heavy atom. The first-order valence-electron chi connectivity index (χ1n) is 5.45. The summed E-state index contributed by atoms with van der Waals surface area (Å²) in [5.74, 6) is 0.617. The highest BCUT2D eigenvalue weighted by Crippen LogP contribution is 2.08. The van der Waals surface area contributed by atoms with Crippen LogP contribution in [0.4, 0.5) is 0 Å². The number of benzene rings is 1. The third kappa shape index (κ3) is 4.55. The molecular weight excluding hydrogens is 214 g/mol. The fourth-order valence-electron chi connectivity index (χ4n) is 1.34. The Balaban J connectivity index is 2.46. The van der Waals surface area contributed by atoms with Crippen LogP contribution in [0.1, 0.15) is 0 Å². The van der Waals surface area contributed by atoms with Gasteiger partial charge in [-0.3, -0.25) is 4.79 Å². The van der Waals surface area contributed by atoms with Gasteiger partial charge in [0.2, 0.25) is 0 Å². The molecule has 1 amide bonds. The van der Waals surface area contributed by atoms with Gasteiger partial charge in [-0.05, 0) is 12.1 Å². The fraction of sp³-hybridized carbons (Fsp3) is 0.214. The molecule has 17 heavy (non-hydrogen) atoms. The zero-order valence-electron chi connectivity index (χ0n) is 9.84. The molecule has 0 aliphatic carbocycles. The highest BCUT2D eigenvalue weighted by atomic mass is 16.5. The van der Waals surface area contributed by atoms with Gasteiger partial charge in [-0.25, -0.2) is 0 Å². The number of hydrogen-bond acceptors (Lipinski definition) is 2. The molecule has 1 aromatic carbocycles. The van der Waals surface area contributed by atoms with Gasteiger partial charge in [0.15, 0.2) is 6.61 Å². The van der Waals surface area contributed by atoms with E-state index in [-0.39, 0.29) is 12.5 Å². The standard InChI is InChI=1S/C14H17NO2/c1-3-10-15(11-4-2)14(16)12-17-13-8-6-5-7-9-13/h3-9H,1-2,10-12H2. The summed E-state index contributed by atoms with van der Waals surface area (Å²) in [5, 5.41) is 0. The van der Waals surface area contributed by atoms with Crippen LogP contribution in [0.2, 0.25) is 0 Å². The van der Waals surface area contributed by atoms with Crippen molar-refractivity contribution in [3.8, 4) is 5.75 Å². The Kier molecular flexibility index (Phi) is 5.58. The summed E-state index contributed by atoms with van der Waals surface area (Å²) in [5.41, 5.74) is 0. The van der Waals surface area contributed by atoms with Crippen molar-refractivity contribution >= 4 is 5.91 Å². The molecule has 0 fully saturated rings. The third-order valence-corrected chi connectivity index (χ3v) is 2.16. The summed E-state index contributed by atoms with van der Waals surface area (Å²) in [6.07, 6.45) is 3.37. The van der Waals surface area contributed by atoms with Gasteiger partial charge < -0.3 is 9.64 Å². The van der Waals surface area contributed by atoms with Gasteiger partial charge in [0.1, 0.15) is 5.75 Å². The SMILES string of the molecule is C=CCN(CC=C)C(=O)COc1ccccc1. The van der Waals surface area contributed by atoms with Crippen LogP contribution in [0.3, 0.4) is 0 Å². The van der Waals surface area contributed by atoms with Crippen molar-refractivity contribution in [1.82, 2.24) is 4.90 Å². The molecule has 0 unspecified atom stereocenters. The van der Waals surface area contributed by atoms with Crippen molar-refractivity contribution in [2.45, 2.75) is 0 Å². The number of carbonyl (C=O) groups excluding carboxylic acids is 1. The van der Waals surface area contributed by atoms with E-state index in [1.54, 1.807) is 17.1 Å². The summed E-state index contributed by atoms with van der Waals surface area (Å²) in [4.78, 5) is 13.4. The van der Waals surface area contributed by atoms with Crippen LogP contribution in [0.25, 0.3) is 0 Å². The lowest BCUT2D eigenvalue weighted by Crippen LogP contribution is -2.35. The maximum atomic E-state index is 11.8. The molecule has 0 bridgehead atoms. The highest BCUT2D eigenvalue weighted by Gasteiger charge is 2.10. The van der Waals surface area contributed by atoms with Crippen LogP contribution in [0.15, 0.2) is 55.6 Å². The summed E-state index contributed by atoms with van der Waals surface area (Å²) in [6.45, 7) is 8.27. The zero-order valence-corrected chi connectivity index (χ0v) is 9.84. The minimum Gasteiger partial charge on any atom is -0.484 e. The minimum absolute atomic E-state index is 0.0334. The Hall–Kier alpha value is -2.03. The van der Waals surface area contributed by atoms with E-state index < -0.39 is 0 Å². The Morgan fingerprint density at radius 2 is 1.76 bits per heavy atom. The number of para-hydroxylation sites is 1. The molecule has 0 N–H and O–H groups in total. The van der Waals surface area contributed by atoms with Crippen molar-refractivity contribution in [3.05, 3.63) is 55.6 Å². The lowest BCUT2D eigenvalue weighted by Gasteiger charge is -2.19. The van der Waals surface area contributed by atoms with E-state index in [0.717, 1.165) is 0 Å². The van der Waals surface area contributed by atoms with E-state index in [2.05, 4.69) is 13.2 Å². The monoisotopic (exact) mass is 231 g/mol. The zero-order chi connectivity index (χ0) is 12.5. The molecule has 0 aliphatic heterocycles. The van der Waals surface area contributed by atoms with Gasteiger partial charge >= 0.3 is 0 Å². The molecular formula is C14H17NO2. The molecule has 1 aromatic rings. The lowest BCUT2D eigenvalue weighted by atomic mass is 10.3. The van der Waals surface area contributed by atoms with Crippen LogP contribution in [0.5, 0.6) is 5.75 Å². The van der Waals surface area contributed by atoms with Crippen LogP contribution >= 0.6 is 0 Å². The molecule has 0 heterocycles. The van der Waals surface area contributed by atoms with Crippen LogP contribution < -0.4 is 4.74 Å². The maximum absolute atomic E-state index is 11.8. The molecule has 3 heteroatoms. The molecule has 0 aromatic heterocycles. The van der Waals surface area contributed by atoms with Crippen molar-refractivity contribution < 1.29 is 9.53 Å². The summed E-state index contributed by atoms with van der Waals surface area (Å²) >= 11 is 0. The van der Waals surface area contributed by atoms with E-state index in [0.29, 0.717) is 18.8 Å².